The first-order valence-corrected chi connectivity index (χ1v) is 8.53. The predicted molar refractivity (Wildman–Crippen MR) is 86.6 cm³/mol. The number of aliphatic hydroxyl groups excluding tert-OH is 1. The fourth-order valence-corrected chi connectivity index (χ4v) is 3.36. The molecule has 0 unspecified atom stereocenters. The monoisotopic (exact) mass is 320 g/mol. The van der Waals surface area contributed by atoms with Gasteiger partial charge in [-0.3, -0.25) is 9.69 Å². The Morgan fingerprint density at radius 3 is 2.52 bits per heavy atom. The van der Waals surface area contributed by atoms with Crippen LogP contribution in [0.25, 0.3) is 0 Å². The molecular formula is C18H25FN2O2. The summed E-state index contributed by atoms with van der Waals surface area (Å²) in [7, 11) is 0. The van der Waals surface area contributed by atoms with E-state index in [9.17, 15) is 14.3 Å². The van der Waals surface area contributed by atoms with Crippen molar-refractivity contribution < 1.29 is 14.3 Å². The van der Waals surface area contributed by atoms with Gasteiger partial charge in [0, 0.05) is 38.6 Å². The van der Waals surface area contributed by atoms with Crippen LogP contribution in [-0.2, 0) is 4.79 Å². The average Bonchev–Trinajstić information content (AvgIpc) is 3.36. The first kappa shape index (κ1) is 16.4. The Hall–Kier alpha value is -1.46. The summed E-state index contributed by atoms with van der Waals surface area (Å²) in [6.45, 7) is 5.81. The number of carbonyl (C=O) groups excluding carboxylic acids is 1. The van der Waals surface area contributed by atoms with Gasteiger partial charge in [0.05, 0.1) is 6.10 Å². The molecule has 0 bridgehead atoms. The third-order valence-electron chi connectivity index (χ3n) is 5.03. The van der Waals surface area contributed by atoms with E-state index in [0.717, 1.165) is 44.6 Å². The summed E-state index contributed by atoms with van der Waals surface area (Å²) in [5.41, 5.74) is 1.06. The molecule has 5 heteroatoms. The van der Waals surface area contributed by atoms with Crippen molar-refractivity contribution in [2.75, 3.05) is 32.7 Å². The smallest absolute Gasteiger partial charge is 0.226 e. The van der Waals surface area contributed by atoms with Crippen molar-refractivity contribution in [3.05, 3.63) is 35.6 Å². The zero-order valence-electron chi connectivity index (χ0n) is 13.6. The minimum atomic E-state index is -0.274. The molecule has 0 aromatic heterocycles. The minimum Gasteiger partial charge on any atom is -0.392 e. The SMILES string of the molecule is CC[C@H](O)CN1CCN(C(=O)[C@@H]2C[C@H]2c2ccc(F)cc2)CC1. The molecule has 1 N–H and O–H groups in total. The van der Waals surface area contributed by atoms with Crippen molar-refractivity contribution in [3.63, 3.8) is 0 Å². The maximum Gasteiger partial charge on any atom is 0.226 e. The number of benzene rings is 1. The highest BCUT2D eigenvalue weighted by Crippen LogP contribution is 2.48. The van der Waals surface area contributed by atoms with Crippen molar-refractivity contribution in [3.8, 4) is 0 Å². The van der Waals surface area contributed by atoms with Crippen LogP contribution in [0.5, 0.6) is 0 Å². The fraction of sp³-hybridized carbons (Fsp3) is 0.611. The van der Waals surface area contributed by atoms with Gasteiger partial charge in [0.15, 0.2) is 0 Å². The van der Waals surface area contributed by atoms with E-state index in [4.69, 9.17) is 0 Å². The molecule has 0 radical (unpaired) electrons. The first-order valence-electron chi connectivity index (χ1n) is 8.53. The number of piperazine rings is 1. The predicted octanol–water partition coefficient (Wildman–Crippen LogP) is 1.84. The van der Waals surface area contributed by atoms with Crippen molar-refractivity contribution >= 4 is 5.91 Å². The van der Waals surface area contributed by atoms with E-state index in [1.54, 1.807) is 12.1 Å². The van der Waals surface area contributed by atoms with Gasteiger partial charge in [-0.15, -0.1) is 0 Å². The van der Waals surface area contributed by atoms with Crippen molar-refractivity contribution in [2.45, 2.75) is 31.8 Å². The van der Waals surface area contributed by atoms with Crippen LogP contribution in [0.1, 0.15) is 31.2 Å². The zero-order chi connectivity index (χ0) is 16.4. The number of aliphatic hydroxyl groups is 1. The third-order valence-corrected chi connectivity index (χ3v) is 5.03. The van der Waals surface area contributed by atoms with Gasteiger partial charge in [-0.05, 0) is 36.5 Å². The van der Waals surface area contributed by atoms with E-state index in [-0.39, 0.29) is 29.7 Å². The first-order chi connectivity index (χ1) is 11.1. The van der Waals surface area contributed by atoms with E-state index in [1.807, 2.05) is 11.8 Å². The van der Waals surface area contributed by atoms with Gasteiger partial charge in [-0.2, -0.15) is 0 Å². The third kappa shape index (κ3) is 3.90. The highest BCUT2D eigenvalue weighted by molar-refractivity contribution is 5.83. The van der Waals surface area contributed by atoms with E-state index < -0.39 is 0 Å². The van der Waals surface area contributed by atoms with Crippen LogP contribution in [-0.4, -0.2) is 59.6 Å². The molecular weight excluding hydrogens is 295 g/mol. The minimum absolute atomic E-state index is 0.0632. The molecule has 1 heterocycles. The Labute approximate surface area is 136 Å². The van der Waals surface area contributed by atoms with Crippen LogP contribution in [0.15, 0.2) is 24.3 Å². The van der Waals surface area contributed by atoms with Crippen LogP contribution in [0.4, 0.5) is 4.39 Å². The Bertz CT molecular complexity index is 540. The maximum absolute atomic E-state index is 13.0. The highest BCUT2D eigenvalue weighted by atomic mass is 19.1. The normalized spacial score (nSPS) is 26.1. The molecule has 0 spiro atoms. The summed E-state index contributed by atoms with van der Waals surface area (Å²) in [6.07, 6.45) is 1.36. The van der Waals surface area contributed by atoms with Crippen LogP contribution >= 0.6 is 0 Å². The average molecular weight is 320 g/mol. The number of β-amino-alcohol motifs (C(OH)–C–C–N with tert-alkyl or cyclic N) is 1. The lowest BCUT2D eigenvalue weighted by Crippen LogP contribution is -2.50. The van der Waals surface area contributed by atoms with Crippen molar-refractivity contribution in [1.82, 2.24) is 9.80 Å². The van der Waals surface area contributed by atoms with Gasteiger partial charge in [-0.1, -0.05) is 19.1 Å². The number of hydrogen-bond acceptors (Lipinski definition) is 3. The largest absolute Gasteiger partial charge is 0.392 e. The maximum atomic E-state index is 13.0. The molecule has 1 aliphatic carbocycles. The van der Waals surface area contributed by atoms with E-state index >= 15 is 0 Å². The molecule has 3 atom stereocenters. The van der Waals surface area contributed by atoms with Gasteiger partial charge in [0.2, 0.25) is 5.91 Å². The fourth-order valence-electron chi connectivity index (χ4n) is 3.36. The molecule has 1 saturated heterocycles. The van der Waals surface area contributed by atoms with Crippen LogP contribution in [0.3, 0.4) is 0 Å². The van der Waals surface area contributed by atoms with Crippen molar-refractivity contribution in [1.29, 1.82) is 0 Å². The zero-order valence-corrected chi connectivity index (χ0v) is 13.6. The van der Waals surface area contributed by atoms with E-state index in [2.05, 4.69) is 4.90 Å². The van der Waals surface area contributed by atoms with E-state index in [0.29, 0.717) is 6.54 Å². The molecule has 2 fully saturated rings. The molecule has 126 valence electrons. The Morgan fingerprint density at radius 2 is 1.91 bits per heavy atom. The summed E-state index contributed by atoms with van der Waals surface area (Å²) < 4.78 is 13.0. The van der Waals surface area contributed by atoms with Gasteiger partial charge in [0.1, 0.15) is 5.82 Å². The Morgan fingerprint density at radius 1 is 1.26 bits per heavy atom. The van der Waals surface area contributed by atoms with Gasteiger partial charge in [-0.25, -0.2) is 4.39 Å². The summed E-state index contributed by atoms with van der Waals surface area (Å²) in [4.78, 5) is 16.8. The van der Waals surface area contributed by atoms with Gasteiger partial charge < -0.3 is 10.0 Å². The summed E-state index contributed by atoms with van der Waals surface area (Å²) in [6, 6.07) is 6.51. The second-order valence-corrected chi connectivity index (χ2v) is 6.69. The molecule has 4 nitrogen and oxygen atoms in total. The number of halogens is 1. The van der Waals surface area contributed by atoms with Gasteiger partial charge >= 0.3 is 0 Å². The summed E-state index contributed by atoms with van der Waals surface area (Å²) in [5, 5.41) is 9.71. The molecule has 1 aromatic rings. The second kappa shape index (κ2) is 6.97. The quantitative estimate of drug-likeness (QED) is 0.900. The van der Waals surface area contributed by atoms with Gasteiger partial charge in [0.25, 0.3) is 0 Å². The van der Waals surface area contributed by atoms with E-state index in [1.165, 1.54) is 12.1 Å². The number of nitrogens with zero attached hydrogens (tertiary/aromatic N) is 2. The molecule has 1 amide bonds. The Kier molecular flexibility index (Phi) is 4.97. The van der Waals surface area contributed by atoms with Crippen molar-refractivity contribution in [2.24, 2.45) is 5.92 Å². The lowest BCUT2D eigenvalue weighted by molar-refractivity contribution is -0.134. The number of rotatable bonds is 5. The summed E-state index contributed by atoms with van der Waals surface area (Å²) >= 11 is 0. The standard InChI is InChI=1S/C18H25FN2O2/c1-2-15(22)12-20-7-9-21(10-8-20)18(23)17-11-16(17)13-3-5-14(19)6-4-13/h3-6,15-17,22H,2,7-12H2,1H3/t15-,16-,17+/m0/s1. The molecule has 1 saturated carbocycles. The number of amides is 1. The second-order valence-electron chi connectivity index (χ2n) is 6.69. The topological polar surface area (TPSA) is 43.8 Å². The lowest BCUT2D eigenvalue weighted by Gasteiger charge is -2.35. The Balaban J connectivity index is 1.48. The molecule has 1 aliphatic heterocycles. The van der Waals surface area contributed by atoms with Crippen LogP contribution in [0.2, 0.25) is 0 Å². The highest BCUT2D eigenvalue weighted by Gasteiger charge is 2.46. The summed E-state index contributed by atoms with van der Waals surface area (Å²) in [5.74, 6) is 0.314. The molecule has 3 rings (SSSR count). The van der Waals surface area contributed by atoms with Crippen LogP contribution in [0, 0.1) is 11.7 Å². The molecule has 2 aliphatic rings. The van der Waals surface area contributed by atoms with Crippen LogP contribution < -0.4 is 0 Å². The lowest BCUT2D eigenvalue weighted by atomic mass is 10.1. The number of hydrogen-bond donors (Lipinski definition) is 1. The number of carbonyl (C=O) groups is 1. The molecule has 1 aromatic carbocycles. The molecule has 23 heavy (non-hydrogen) atoms.